The van der Waals surface area contributed by atoms with E-state index in [4.69, 9.17) is 4.74 Å². The normalized spacial score (nSPS) is 11.8. The smallest absolute Gasteiger partial charge is 0.252 e. The molecule has 2 N–H and O–H groups in total. The van der Waals surface area contributed by atoms with E-state index in [1.807, 2.05) is 66.0 Å². The highest BCUT2D eigenvalue weighted by Gasteiger charge is 2.23. The summed E-state index contributed by atoms with van der Waals surface area (Å²) in [5.74, 6) is 0.557. The third kappa shape index (κ3) is 4.63. The van der Waals surface area contributed by atoms with E-state index < -0.39 is 6.04 Å². The molecular weight excluding hydrogens is 444 g/mol. The Hall–Kier alpha value is -4.16. The lowest BCUT2D eigenvalue weighted by molar-refractivity contribution is 0.0943. The van der Waals surface area contributed by atoms with Gasteiger partial charge < -0.3 is 15.2 Å². The molecule has 1 unspecified atom stereocenters. The van der Waals surface area contributed by atoms with Crippen molar-refractivity contribution < 1.29 is 14.6 Å². The number of benzene rings is 4. The highest BCUT2D eigenvalue weighted by atomic mass is 32.1. The van der Waals surface area contributed by atoms with Gasteiger partial charge in [-0.3, -0.25) is 4.79 Å². The maximum atomic E-state index is 13.3. The van der Waals surface area contributed by atoms with Gasteiger partial charge in [0.05, 0.1) is 17.2 Å². The Bertz CT molecular complexity index is 1400. The number of amides is 1. The summed E-state index contributed by atoms with van der Waals surface area (Å²) in [5, 5.41) is 17.8. The molecule has 1 amide bonds. The molecule has 0 bridgehead atoms. The first-order chi connectivity index (χ1) is 16.7. The van der Waals surface area contributed by atoms with Crippen LogP contribution in [0, 0.1) is 0 Å². The molecule has 0 radical (unpaired) electrons. The van der Waals surface area contributed by atoms with Gasteiger partial charge in [-0.1, -0.05) is 60.7 Å². The van der Waals surface area contributed by atoms with E-state index in [1.54, 1.807) is 35.8 Å². The van der Waals surface area contributed by atoms with E-state index in [2.05, 4.69) is 10.3 Å². The molecule has 1 atom stereocenters. The van der Waals surface area contributed by atoms with Crippen LogP contribution in [0.5, 0.6) is 11.5 Å². The minimum Gasteiger partial charge on any atom is -0.508 e. The maximum Gasteiger partial charge on any atom is 0.252 e. The molecule has 0 saturated carbocycles. The molecule has 5 rings (SSSR count). The van der Waals surface area contributed by atoms with Crippen LogP contribution < -0.4 is 10.1 Å². The van der Waals surface area contributed by atoms with Gasteiger partial charge in [0, 0.05) is 16.5 Å². The summed E-state index contributed by atoms with van der Waals surface area (Å²) in [5.41, 5.74) is 4.68. The zero-order valence-electron chi connectivity index (χ0n) is 18.2. The quantitative estimate of drug-likeness (QED) is 0.304. The van der Waals surface area contributed by atoms with Crippen molar-refractivity contribution in [3.8, 4) is 11.5 Å². The number of hydrogen-bond donors (Lipinski definition) is 2. The average molecular weight is 467 g/mol. The van der Waals surface area contributed by atoms with Gasteiger partial charge in [0.2, 0.25) is 0 Å². The zero-order valence-corrected chi connectivity index (χ0v) is 19.0. The number of ether oxygens (including phenoxy) is 1. The number of aromatic hydroxyl groups is 1. The first kappa shape index (κ1) is 21.7. The summed E-state index contributed by atoms with van der Waals surface area (Å²) in [6.45, 7) is 0.380. The van der Waals surface area contributed by atoms with Crippen LogP contribution in [-0.4, -0.2) is 16.0 Å². The van der Waals surface area contributed by atoms with E-state index >= 15 is 0 Å². The molecule has 4 aromatic carbocycles. The molecular formula is C28H22N2O3S. The number of phenolic OH excluding ortho intramolecular Hbond substituents is 1. The minimum absolute atomic E-state index is 0.138. The monoisotopic (exact) mass is 466 g/mol. The van der Waals surface area contributed by atoms with E-state index in [0.29, 0.717) is 23.5 Å². The summed E-state index contributed by atoms with van der Waals surface area (Å²) in [6.07, 6.45) is 0. The van der Waals surface area contributed by atoms with Gasteiger partial charge in [-0.2, -0.15) is 0 Å². The summed E-state index contributed by atoms with van der Waals surface area (Å²) in [6, 6.07) is 27.5. The Morgan fingerprint density at radius 3 is 2.47 bits per heavy atom. The number of nitrogens with one attached hydrogen (secondary N) is 1. The highest BCUT2D eigenvalue weighted by molar-refractivity contribution is 7.07. The fraction of sp³-hybridized carbons (Fsp3) is 0.0714. The summed E-state index contributed by atoms with van der Waals surface area (Å²) < 4.78 is 5.75. The molecule has 0 spiro atoms. The second-order valence-corrected chi connectivity index (χ2v) is 8.55. The summed E-state index contributed by atoms with van der Waals surface area (Å²) >= 11 is 1.52. The maximum absolute atomic E-state index is 13.3. The predicted molar refractivity (Wildman–Crippen MR) is 134 cm³/mol. The molecule has 168 valence electrons. The summed E-state index contributed by atoms with van der Waals surface area (Å²) in [7, 11) is 0. The van der Waals surface area contributed by atoms with Gasteiger partial charge in [0.1, 0.15) is 18.1 Å². The van der Waals surface area contributed by atoms with E-state index in [-0.39, 0.29) is 11.7 Å². The van der Waals surface area contributed by atoms with Gasteiger partial charge in [-0.05, 0) is 46.7 Å². The fourth-order valence-corrected chi connectivity index (χ4v) is 4.48. The predicted octanol–water partition coefficient (Wildman–Crippen LogP) is 6.10. The zero-order chi connectivity index (χ0) is 23.3. The number of nitrogens with zero attached hydrogens (tertiary/aromatic N) is 1. The van der Waals surface area contributed by atoms with Crippen molar-refractivity contribution in [2.24, 2.45) is 0 Å². The molecule has 0 aliphatic rings. The topological polar surface area (TPSA) is 71.5 Å². The van der Waals surface area contributed by atoms with Gasteiger partial charge in [-0.25, -0.2) is 4.98 Å². The number of carbonyl (C=O) groups excluding carboxylic acids is 1. The van der Waals surface area contributed by atoms with Crippen LogP contribution in [0.4, 0.5) is 0 Å². The minimum atomic E-state index is -0.527. The Balaban J connectivity index is 1.43. The first-order valence-corrected chi connectivity index (χ1v) is 11.8. The number of hydrogen-bond acceptors (Lipinski definition) is 5. The number of thiazole rings is 1. The standard InChI is InChI=1S/C28H22N2O3S/c31-25-15-12-19-6-4-5-9-24(19)26(25)27(20-7-2-1-3-8-20)30-28(32)21-10-13-23(14-11-21)33-16-22-17-34-18-29-22/h1-15,17-18,27,31H,16H2,(H,30,32). The van der Waals surface area contributed by atoms with Crippen LogP contribution in [0.1, 0.15) is 33.2 Å². The van der Waals surface area contributed by atoms with Crippen molar-refractivity contribution in [1.82, 2.24) is 10.3 Å². The second kappa shape index (κ2) is 9.77. The third-order valence-corrected chi connectivity index (χ3v) is 6.27. The largest absolute Gasteiger partial charge is 0.508 e. The third-order valence-electron chi connectivity index (χ3n) is 5.63. The lowest BCUT2D eigenvalue weighted by Crippen LogP contribution is -2.29. The molecule has 1 heterocycles. The van der Waals surface area contributed by atoms with Crippen molar-refractivity contribution in [3.05, 3.63) is 124 Å². The molecule has 0 aliphatic carbocycles. The molecule has 5 aromatic rings. The van der Waals surface area contributed by atoms with Gasteiger partial charge >= 0.3 is 0 Å². The Labute approximate surface area is 201 Å². The number of rotatable bonds is 7. The number of fused-ring (bicyclic) bond motifs is 1. The van der Waals surface area contributed by atoms with Crippen LogP contribution in [-0.2, 0) is 6.61 Å². The molecule has 5 nitrogen and oxygen atoms in total. The molecule has 0 fully saturated rings. The Kier molecular flexibility index (Phi) is 6.23. The molecule has 0 saturated heterocycles. The first-order valence-electron chi connectivity index (χ1n) is 10.9. The molecule has 1 aromatic heterocycles. The van der Waals surface area contributed by atoms with Crippen LogP contribution in [0.25, 0.3) is 10.8 Å². The SMILES string of the molecule is O=C(NC(c1ccccc1)c1c(O)ccc2ccccc12)c1ccc(OCc2cscn2)cc1. The molecule has 34 heavy (non-hydrogen) atoms. The Morgan fingerprint density at radius 2 is 1.71 bits per heavy atom. The van der Waals surface area contributed by atoms with E-state index in [0.717, 1.165) is 22.0 Å². The van der Waals surface area contributed by atoms with E-state index in [9.17, 15) is 9.90 Å². The lowest BCUT2D eigenvalue weighted by Gasteiger charge is -2.23. The Morgan fingerprint density at radius 1 is 0.941 bits per heavy atom. The van der Waals surface area contributed by atoms with Crippen molar-refractivity contribution in [3.63, 3.8) is 0 Å². The van der Waals surface area contributed by atoms with Gasteiger partial charge in [0.25, 0.3) is 5.91 Å². The van der Waals surface area contributed by atoms with Gasteiger partial charge in [0.15, 0.2) is 0 Å². The summed E-state index contributed by atoms with van der Waals surface area (Å²) in [4.78, 5) is 17.5. The number of aromatic nitrogens is 1. The van der Waals surface area contributed by atoms with Crippen molar-refractivity contribution in [2.45, 2.75) is 12.6 Å². The van der Waals surface area contributed by atoms with Crippen LogP contribution in [0.2, 0.25) is 0 Å². The second-order valence-electron chi connectivity index (χ2n) is 7.83. The van der Waals surface area contributed by atoms with Crippen molar-refractivity contribution in [1.29, 1.82) is 0 Å². The number of phenols is 1. The van der Waals surface area contributed by atoms with Crippen molar-refractivity contribution >= 4 is 28.0 Å². The molecule has 6 heteroatoms. The van der Waals surface area contributed by atoms with Crippen molar-refractivity contribution in [2.75, 3.05) is 0 Å². The highest BCUT2D eigenvalue weighted by Crippen LogP contribution is 2.36. The van der Waals surface area contributed by atoms with Crippen LogP contribution in [0.3, 0.4) is 0 Å². The van der Waals surface area contributed by atoms with Gasteiger partial charge in [-0.15, -0.1) is 11.3 Å². The van der Waals surface area contributed by atoms with E-state index in [1.165, 1.54) is 11.3 Å². The van der Waals surface area contributed by atoms with Crippen LogP contribution >= 0.6 is 11.3 Å². The molecule has 0 aliphatic heterocycles. The van der Waals surface area contributed by atoms with Crippen LogP contribution in [0.15, 0.2) is 102 Å². The lowest BCUT2D eigenvalue weighted by atomic mass is 9.92. The fourth-order valence-electron chi connectivity index (χ4n) is 3.94. The average Bonchev–Trinajstić information content (AvgIpc) is 3.41. The number of carbonyl (C=O) groups is 1.